The maximum atomic E-state index is 13.3. The molecular weight excluding hydrogens is 326 g/mol. The van der Waals surface area contributed by atoms with Crippen LogP contribution < -0.4 is 10.2 Å². The standard InChI is InChI=1S/C19H16F2N2O2/c1-10-14-9-13(7-11-3-2-6-23(17(11)14)19(10)25)22-18(24)12-4-5-15(20)16(21)8-12/h4-5,7-10H,2-3,6H2,1H3,(H,22,24)/t10-/m1/s1. The zero-order valence-corrected chi connectivity index (χ0v) is 13.6. The van der Waals surface area contributed by atoms with E-state index in [0.29, 0.717) is 5.69 Å². The summed E-state index contributed by atoms with van der Waals surface area (Å²) in [6, 6.07) is 6.68. The van der Waals surface area contributed by atoms with E-state index in [-0.39, 0.29) is 17.4 Å². The van der Waals surface area contributed by atoms with Crippen molar-refractivity contribution in [2.24, 2.45) is 0 Å². The summed E-state index contributed by atoms with van der Waals surface area (Å²) in [4.78, 5) is 26.5. The topological polar surface area (TPSA) is 49.4 Å². The van der Waals surface area contributed by atoms with E-state index < -0.39 is 17.5 Å². The normalized spacial score (nSPS) is 18.3. The molecule has 1 N–H and O–H groups in total. The monoisotopic (exact) mass is 342 g/mol. The van der Waals surface area contributed by atoms with Crippen molar-refractivity contribution in [3.05, 3.63) is 58.7 Å². The lowest BCUT2D eigenvalue weighted by Gasteiger charge is -2.26. The Morgan fingerprint density at radius 2 is 2.00 bits per heavy atom. The average molecular weight is 342 g/mol. The molecule has 2 aromatic rings. The van der Waals surface area contributed by atoms with E-state index in [1.54, 1.807) is 6.07 Å². The molecule has 0 unspecified atom stereocenters. The molecule has 0 spiro atoms. The van der Waals surface area contributed by atoms with E-state index in [1.807, 2.05) is 17.9 Å². The Morgan fingerprint density at radius 3 is 2.76 bits per heavy atom. The van der Waals surface area contributed by atoms with Crippen molar-refractivity contribution in [1.82, 2.24) is 0 Å². The Balaban J connectivity index is 1.67. The molecule has 0 aromatic heterocycles. The van der Waals surface area contributed by atoms with Crippen LogP contribution in [0.3, 0.4) is 0 Å². The molecule has 6 heteroatoms. The first-order valence-corrected chi connectivity index (χ1v) is 8.20. The second kappa shape index (κ2) is 5.65. The summed E-state index contributed by atoms with van der Waals surface area (Å²) in [7, 11) is 0. The van der Waals surface area contributed by atoms with Gasteiger partial charge < -0.3 is 10.2 Å². The predicted octanol–water partition coefficient (Wildman–Crippen LogP) is 3.61. The van der Waals surface area contributed by atoms with Crippen molar-refractivity contribution in [2.75, 3.05) is 16.8 Å². The molecule has 128 valence electrons. The highest BCUT2D eigenvalue weighted by Gasteiger charge is 2.37. The number of nitrogens with one attached hydrogen (secondary N) is 1. The minimum absolute atomic E-state index is 0.0406. The number of halogens is 2. The fourth-order valence-corrected chi connectivity index (χ4v) is 3.61. The van der Waals surface area contributed by atoms with Gasteiger partial charge in [0.2, 0.25) is 5.91 Å². The lowest BCUT2D eigenvalue weighted by atomic mass is 9.96. The number of benzene rings is 2. The van der Waals surface area contributed by atoms with E-state index in [9.17, 15) is 18.4 Å². The van der Waals surface area contributed by atoms with Gasteiger partial charge in [0.25, 0.3) is 5.91 Å². The van der Waals surface area contributed by atoms with Gasteiger partial charge >= 0.3 is 0 Å². The van der Waals surface area contributed by atoms with Crippen molar-refractivity contribution in [3.8, 4) is 0 Å². The zero-order chi connectivity index (χ0) is 17.7. The van der Waals surface area contributed by atoms with Gasteiger partial charge in [-0.05, 0) is 61.2 Å². The molecule has 2 amide bonds. The SMILES string of the molecule is C[C@H]1C(=O)N2CCCc3cc(NC(=O)c4ccc(F)c(F)c4)cc1c32. The van der Waals surface area contributed by atoms with Gasteiger partial charge in [0, 0.05) is 17.8 Å². The van der Waals surface area contributed by atoms with Crippen LogP contribution in [0.1, 0.15) is 40.7 Å². The van der Waals surface area contributed by atoms with E-state index in [1.165, 1.54) is 6.07 Å². The lowest BCUT2D eigenvalue weighted by molar-refractivity contribution is -0.119. The van der Waals surface area contributed by atoms with Crippen LogP contribution in [0.4, 0.5) is 20.2 Å². The summed E-state index contributed by atoms with van der Waals surface area (Å²) in [6.45, 7) is 2.58. The van der Waals surface area contributed by atoms with Gasteiger partial charge in [0.15, 0.2) is 11.6 Å². The Bertz CT molecular complexity index is 911. The van der Waals surface area contributed by atoms with Gasteiger partial charge in [-0.1, -0.05) is 0 Å². The van der Waals surface area contributed by atoms with Crippen molar-refractivity contribution in [2.45, 2.75) is 25.7 Å². The van der Waals surface area contributed by atoms with Crippen LogP contribution in [-0.4, -0.2) is 18.4 Å². The van der Waals surface area contributed by atoms with Crippen LogP contribution in [0.5, 0.6) is 0 Å². The van der Waals surface area contributed by atoms with E-state index in [4.69, 9.17) is 0 Å². The molecule has 0 saturated carbocycles. The number of anilines is 2. The number of carbonyl (C=O) groups excluding carboxylic acids is 2. The minimum Gasteiger partial charge on any atom is -0.322 e. The van der Waals surface area contributed by atoms with E-state index in [2.05, 4.69) is 5.32 Å². The van der Waals surface area contributed by atoms with Gasteiger partial charge in [-0.15, -0.1) is 0 Å². The first-order valence-electron chi connectivity index (χ1n) is 8.20. The van der Waals surface area contributed by atoms with E-state index in [0.717, 1.165) is 48.3 Å². The molecule has 0 saturated heterocycles. The minimum atomic E-state index is -1.06. The number of aryl methyl sites for hydroxylation is 1. The lowest BCUT2D eigenvalue weighted by Crippen LogP contribution is -2.32. The van der Waals surface area contributed by atoms with Crippen LogP contribution in [0.15, 0.2) is 30.3 Å². The molecule has 4 nitrogen and oxygen atoms in total. The molecule has 4 rings (SSSR count). The Hall–Kier alpha value is -2.76. The number of hydrogen-bond donors (Lipinski definition) is 1. The number of nitrogens with zero attached hydrogens (tertiary/aromatic N) is 1. The molecule has 2 aromatic carbocycles. The maximum absolute atomic E-state index is 13.3. The summed E-state index contributed by atoms with van der Waals surface area (Å²) in [5, 5.41) is 2.73. The van der Waals surface area contributed by atoms with Crippen molar-refractivity contribution < 1.29 is 18.4 Å². The van der Waals surface area contributed by atoms with Gasteiger partial charge in [-0.2, -0.15) is 0 Å². The maximum Gasteiger partial charge on any atom is 0.255 e. The van der Waals surface area contributed by atoms with Crippen LogP contribution in [0.2, 0.25) is 0 Å². The van der Waals surface area contributed by atoms with Crippen LogP contribution in [-0.2, 0) is 11.2 Å². The fraction of sp³-hybridized carbons (Fsp3) is 0.263. The van der Waals surface area contributed by atoms with Gasteiger partial charge in [-0.3, -0.25) is 9.59 Å². The molecule has 2 aliphatic heterocycles. The summed E-state index contributed by atoms with van der Waals surface area (Å²) in [5.41, 5.74) is 3.50. The third-order valence-electron chi connectivity index (χ3n) is 4.86. The Kier molecular flexibility index (Phi) is 3.56. The predicted molar refractivity (Wildman–Crippen MR) is 89.8 cm³/mol. The Morgan fingerprint density at radius 1 is 1.20 bits per heavy atom. The van der Waals surface area contributed by atoms with Crippen LogP contribution >= 0.6 is 0 Å². The van der Waals surface area contributed by atoms with Crippen molar-refractivity contribution >= 4 is 23.2 Å². The third kappa shape index (κ3) is 2.49. The fourth-order valence-electron chi connectivity index (χ4n) is 3.61. The summed E-state index contributed by atoms with van der Waals surface area (Å²) < 4.78 is 26.3. The van der Waals surface area contributed by atoms with Gasteiger partial charge in [0.05, 0.1) is 11.6 Å². The van der Waals surface area contributed by atoms with Crippen LogP contribution in [0.25, 0.3) is 0 Å². The molecule has 2 heterocycles. The summed E-state index contributed by atoms with van der Waals surface area (Å²) >= 11 is 0. The summed E-state index contributed by atoms with van der Waals surface area (Å²) in [6.07, 6.45) is 1.72. The smallest absolute Gasteiger partial charge is 0.255 e. The third-order valence-corrected chi connectivity index (χ3v) is 4.86. The molecular formula is C19H16F2N2O2. The van der Waals surface area contributed by atoms with Gasteiger partial charge in [0.1, 0.15) is 0 Å². The molecule has 1 atom stereocenters. The van der Waals surface area contributed by atoms with Crippen LogP contribution in [0, 0.1) is 11.6 Å². The highest BCUT2D eigenvalue weighted by Crippen LogP contribution is 2.44. The first-order chi connectivity index (χ1) is 12.0. The molecule has 0 fully saturated rings. The molecule has 0 aliphatic carbocycles. The zero-order valence-electron chi connectivity index (χ0n) is 13.6. The highest BCUT2D eigenvalue weighted by molar-refractivity contribution is 6.08. The number of amides is 2. The second-order valence-corrected chi connectivity index (χ2v) is 6.47. The van der Waals surface area contributed by atoms with Crippen molar-refractivity contribution in [1.29, 1.82) is 0 Å². The number of rotatable bonds is 2. The largest absolute Gasteiger partial charge is 0.322 e. The first kappa shape index (κ1) is 15.7. The Labute approximate surface area is 143 Å². The van der Waals surface area contributed by atoms with Crippen molar-refractivity contribution in [3.63, 3.8) is 0 Å². The molecule has 2 aliphatic rings. The number of carbonyl (C=O) groups is 2. The molecule has 0 radical (unpaired) electrons. The quantitative estimate of drug-likeness (QED) is 0.906. The van der Waals surface area contributed by atoms with E-state index >= 15 is 0 Å². The highest BCUT2D eigenvalue weighted by atomic mass is 19.2. The molecule has 0 bridgehead atoms. The second-order valence-electron chi connectivity index (χ2n) is 6.47. The molecule has 25 heavy (non-hydrogen) atoms. The average Bonchev–Trinajstić information content (AvgIpc) is 2.84. The number of hydrogen-bond acceptors (Lipinski definition) is 2. The summed E-state index contributed by atoms with van der Waals surface area (Å²) in [5.74, 6) is -2.74. The van der Waals surface area contributed by atoms with Gasteiger partial charge in [-0.25, -0.2) is 8.78 Å².